The molecule has 3 aromatic carbocycles. The number of hydrogen-bond donors (Lipinski definition) is 1. The van der Waals surface area contributed by atoms with Crippen LogP contribution in [0, 0.1) is 0 Å². The van der Waals surface area contributed by atoms with Gasteiger partial charge in [-0.05, 0) is 67.4 Å². The average Bonchev–Trinajstić information content (AvgIpc) is 3.34. The van der Waals surface area contributed by atoms with Crippen LogP contribution < -0.4 is 14.5 Å². The molecule has 1 aliphatic heterocycles. The molecule has 0 unspecified atom stereocenters. The summed E-state index contributed by atoms with van der Waals surface area (Å²) in [6.45, 7) is 1.60. The molecule has 0 radical (unpaired) electrons. The first-order valence-electron chi connectivity index (χ1n) is 10.5. The van der Waals surface area contributed by atoms with Gasteiger partial charge in [0.05, 0.1) is 15.6 Å². The van der Waals surface area contributed by atoms with Crippen molar-refractivity contribution < 1.29 is 13.2 Å². The molecule has 172 valence electrons. The van der Waals surface area contributed by atoms with Crippen LogP contribution in [0.5, 0.6) is 0 Å². The zero-order valence-corrected chi connectivity index (χ0v) is 20.1. The van der Waals surface area contributed by atoms with Crippen molar-refractivity contribution in [2.45, 2.75) is 17.7 Å². The highest BCUT2D eigenvalue weighted by Crippen LogP contribution is 2.32. The van der Waals surface area contributed by atoms with E-state index in [-0.39, 0.29) is 15.6 Å². The molecule has 6 nitrogen and oxygen atoms in total. The third-order valence-electron chi connectivity index (χ3n) is 5.42. The Balaban J connectivity index is 1.58. The molecule has 0 saturated carbocycles. The topological polar surface area (TPSA) is 69.7 Å². The van der Waals surface area contributed by atoms with Crippen molar-refractivity contribution in [3.05, 3.63) is 82.8 Å². The lowest BCUT2D eigenvalue weighted by atomic mass is 10.2. The first-order chi connectivity index (χ1) is 15.8. The second kappa shape index (κ2) is 10.0. The molecule has 9 heteroatoms. The Morgan fingerprint density at radius 1 is 0.939 bits per heavy atom. The Hall–Kier alpha value is -2.74. The fourth-order valence-corrected chi connectivity index (χ4v) is 5.79. The maximum absolute atomic E-state index is 13.4. The Labute approximate surface area is 203 Å². The van der Waals surface area contributed by atoms with Gasteiger partial charge in [0.15, 0.2) is 0 Å². The molecule has 1 aliphatic rings. The van der Waals surface area contributed by atoms with Gasteiger partial charge in [-0.3, -0.25) is 9.10 Å². The highest BCUT2D eigenvalue weighted by Gasteiger charge is 2.29. The standard InChI is InChI=1S/C24H23Cl2N3O3S/c25-18-8-13-23(22(26)16-18)29(33(31,32)21-6-2-1-3-7-21)17-24(30)27-19-9-11-20(12-10-19)28-14-4-5-15-28/h1-3,6-13,16H,4-5,14-15,17H2,(H,27,30). The van der Waals surface area contributed by atoms with E-state index in [9.17, 15) is 13.2 Å². The number of sulfonamides is 1. The maximum Gasteiger partial charge on any atom is 0.264 e. The fraction of sp³-hybridized carbons (Fsp3) is 0.208. The smallest absolute Gasteiger partial charge is 0.264 e. The monoisotopic (exact) mass is 503 g/mol. The minimum Gasteiger partial charge on any atom is -0.372 e. The quantitative estimate of drug-likeness (QED) is 0.466. The summed E-state index contributed by atoms with van der Waals surface area (Å²) in [5, 5.41) is 3.28. The number of hydrogen-bond acceptors (Lipinski definition) is 4. The molecule has 1 heterocycles. The van der Waals surface area contributed by atoms with E-state index in [4.69, 9.17) is 23.2 Å². The van der Waals surface area contributed by atoms with E-state index in [0.29, 0.717) is 10.7 Å². The summed E-state index contributed by atoms with van der Waals surface area (Å²) in [5.74, 6) is -0.491. The first-order valence-corrected chi connectivity index (χ1v) is 12.7. The molecular weight excluding hydrogens is 481 g/mol. The number of anilines is 3. The van der Waals surface area contributed by atoms with Crippen LogP contribution in [0.3, 0.4) is 0 Å². The predicted molar refractivity (Wildman–Crippen MR) is 134 cm³/mol. The number of rotatable bonds is 7. The summed E-state index contributed by atoms with van der Waals surface area (Å²) in [4.78, 5) is 15.2. The molecule has 0 spiro atoms. The van der Waals surface area contributed by atoms with Crippen molar-refractivity contribution in [3.63, 3.8) is 0 Å². The lowest BCUT2D eigenvalue weighted by Gasteiger charge is -2.25. The van der Waals surface area contributed by atoms with Crippen molar-refractivity contribution in [1.29, 1.82) is 0 Å². The van der Waals surface area contributed by atoms with Crippen LogP contribution in [0.25, 0.3) is 0 Å². The van der Waals surface area contributed by atoms with Gasteiger partial charge in [0.2, 0.25) is 5.91 Å². The van der Waals surface area contributed by atoms with Crippen molar-refractivity contribution >= 4 is 56.2 Å². The number of carbonyl (C=O) groups is 1. The van der Waals surface area contributed by atoms with E-state index in [1.54, 1.807) is 18.2 Å². The maximum atomic E-state index is 13.4. The minimum absolute atomic E-state index is 0.0544. The molecule has 1 fully saturated rings. The van der Waals surface area contributed by atoms with Crippen molar-refractivity contribution in [1.82, 2.24) is 0 Å². The van der Waals surface area contributed by atoms with Gasteiger partial charge in [-0.15, -0.1) is 0 Å². The molecule has 0 bridgehead atoms. The molecule has 1 N–H and O–H groups in total. The first kappa shape index (κ1) is 23.4. The minimum atomic E-state index is -4.06. The SMILES string of the molecule is O=C(CN(c1ccc(Cl)cc1Cl)S(=O)(=O)c1ccccc1)Nc1ccc(N2CCCC2)cc1. The number of halogens is 2. The summed E-state index contributed by atoms with van der Waals surface area (Å²) >= 11 is 12.3. The normalized spacial score (nSPS) is 13.7. The van der Waals surface area contributed by atoms with Crippen LogP contribution in [0.2, 0.25) is 10.0 Å². The van der Waals surface area contributed by atoms with Crippen molar-refractivity contribution in [3.8, 4) is 0 Å². The Kier molecular flexibility index (Phi) is 7.12. The fourth-order valence-electron chi connectivity index (χ4n) is 3.76. The van der Waals surface area contributed by atoms with Gasteiger partial charge < -0.3 is 10.2 Å². The van der Waals surface area contributed by atoms with Gasteiger partial charge in [0, 0.05) is 29.5 Å². The number of nitrogens with one attached hydrogen (secondary N) is 1. The molecule has 0 aliphatic carbocycles. The van der Waals surface area contributed by atoms with E-state index < -0.39 is 22.5 Å². The van der Waals surface area contributed by atoms with Gasteiger partial charge in [-0.1, -0.05) is 41.4 Å². The van der Waals surface area contributed by atoms with Crippen LogP contribution >= 0.6 is 23.2 Å². The number of nitrogens with zero attached hydrogens (tertiary/aromatic N) is 2. The van der Waals surface area contributed by atoms with E-state index in [0.717, 1.165) is 23.1 Å². The summed E-state index contributed by atoms with van der Waals surface area (Å²) < 4.78 is 27.8. The largest absolute Gasteiger partial charge is 0.372 e. The Bertz CT molecular complexity index is 1230. The van der Waals surface area contributed by atoms with E-state index in [2.05, 4.69) is 10.2 Å². The van der Waals surface area contributed by atoms with Crippen molar-refractivity contribution in [2.24, 2.45) is 0 Å². The van der Waals surface area contributed by atoms with Gasteiger partial charge in [-0.2, -0.15) is 0 Å². The van der Waals surface area contributed by atoms with Crippen LogP contribution in [-0.4, -0.2) is 34.0 Å². The highest BCUT2D eigenvalue weighted by atomic mass is 35.5. The summed E-state index contributed by atoms with van der Waals surface area (Å²) in [6, 6.07) is 19.9. The predicted octanol–water partition coefficient (Wildman–Crippen LogP) is 5.43. The third kappa shape index (κ3) is 5.43. The van der Waals surface area contributed by atoms with E-state index in [1.165, 1.54) is 43.2 Å². The lowest BCUT2D eigenvalue weighted by molar-refractivity contribution is -0.114. The zero-order chi connectivity index (χ0) is 23.4. The van der Waals surface area contributed by atoms with Crippen LogP contribution in [0.15, 0.2) is 77.7 Å². The van der Waals surface area contributed by atoms with Crippen LogP contribution in [0.4, 0.5) is 17.1 Å². The molecule has 33 heavy (non-hydrogen) atoms. The second-order valence-electron chi connectivity index (χ2n) is 7.71. The van der Waals surface area contributed by atoms with E-state index in [1.807, 2.05) is 24.3 Å². The van der Waals surface area contributed by atoms with Crippen LogP contribution in [-0.2, 0) is 14.8 Å². The molecule has 0 atom stereocenters. The summed E-state index contributed by atoms with van der Waals surface area (Å²) in [5.41, 5.74) is 1.86. The lowest BCUT2D eigenvalue weighted by Crippen LogP contribution is -2.38. The average molecular weight is 504 g/mol. The number of amides is 1. The Morgan fingerprint density at radius 2 is 1.61 bits per heavy atom. The molecule has 4 rings (SSSR count). The molecule has 3 aromatic rings. The van der Waals surface area contributed by atoms with E-state index >= 15 is 0 Å². The molecule has 0 aromatic heterocycles. The number of benzene rings is 3. The molecular formula is C24H23Cl2N3O3S. The zero-order valence-electron chi connectivity index (χ0n) is 17.7. The van der Waals surface area contributed by atoms with Crippen LogP contribution in [0.1, 0.15) is 12.8 Å². The van der Waals surface area contributed by atoms with Gasteiger partial charge in [-0.25, -0.2) is 8.42 Å². The Morgan fingerprint density at radius 3 is 2.24 bits per heavy atom. The summed E-state index contributed by atoms with van der Waals surface area (Å²) in [7, 11) is -4.06. The summed E-state index contributed by atoms with van der Waals surface area (Å²) in [6.07, 6.45) is 2.36. The highest BCUT2D eigenvalue weighted by molar-refractivity contribution is 7.92. The second-order valence-corrected chi connectivity index (χ2v) is 10.4. The van der Waals surface area contributed by atoms with Crippen molar-refractivity contribution in [2.75, 3.05) is 34.2 Å². The number of carbonyl (C=O) groups excluding carboxylic acids is 1. The van der Waals surface area contributed by atoms with Gasteiger partial charge >= 0.3 is 0 Å². The molecule has 1 amide bonds. The third-order valence-corrected chi connectivity index (χ3v) is 7.73. The van der Waals surface area contributed by atoms with Gasteiger partial charge in [0.1, 0.15) is 6.54 Å². The molecule has 1 saturated heterocycles. The van der Waals surface area contributed by atoms with Gasteiger partial charge in [0.25, 0.3) is 10.0 Å².